The van der Waals surface area contributed by atoms with Crippen molar-refractivity contribution in [3.63, 3.8) is 0 Å². The largest absolute Gasteiger partial charge is 0.359 e. The van der Waals surface area contributed by atoms with Gasteiger partial charge in [-0.15, -0.1) is 0 Å². The molecule has 1 aromatic rings. The maximum Gasteiger partial charge on any atom is 0.131 e. The molecule has 2 atom stereocenters. The van der Waals surface area contributed by atoms with Crippen molar-refractivity contribution in [2.75, 3.05) is 18.5 Å². The molecule has 0 aliphatic rings. The molecule has 102 valence electrons. The van der Waals surface area contributed by atoms with Crippen molar-refractivity contribution >= 4 is 5.82 Å². The highest BCUT2D eigenvalue weighted by Gasteiger charge is 2.12. The Morgan fingerprint density at radius 2 is 2.06 bits per heavy atom. The third-order valence-electron chi connectivity index (χ3n) is 3.52. The lowest BCUT2D eigenvalue weighted by Gasteiger charge is -2.24. The van der Waals surface area contributed by atoms with Crippen molar-refractivity contribution in [1.29, 1.82) is 0 Å². The molecule has 2 N–H and O–H groups in total. The lowest BCUT2D eigenvalue weighted by molar-refractivity contribution is 0.555. The lowest BCUT2D eigenvalue weighted by atomic mass is 10.0. The van der Waals surface area contributed by atoms with E-state index in [9.17, 15) is 0 Å². The fourth-order valence-corrected chi connectivity index (χ4v) is 2.04. The van der Waals surface area contributed by atoms with Crippen LogP contribution in [0.4, 0.5) is 5.82 Å². The van der Waals surface area contributed by atoms with Crippen molar-refractivity contribution in [1.82, 2.24) is 4.98 Å². The SMILES string of the molecule is CCC(C)CN(C)c1ncccc1CC(N)CC. The molecule has 0 spiro atoms. The summed E-state index contributed by atoms with van der Waals surface area (Å²) in [6.45, 7) is 7.67. The highest BCUT2D eigenvalue weighted by atomic mass is 15.2. The topological polar surface area (TPSA) is 42.2 Å². The normalized spacial score (nSPS) is 14.3. The van der Waals surface area contributed by atoms with Gasteiger partial charge in [-0.1, -0.05) is 33.3 Å². The summed E-state index contributed by atoms with van der Waals surface area (Å²) in [4.78, 5) is 6.78. The molecule has 1 rings (SSSR count). The van der Waals surface area contributed by atoms with Gasteiger partial charge < -0.3 is 10.6 Å². The van der Waals surface area contributed by atoms with Crippen LogP contribution in [0, 0.1) is 5.92 Å². The van der Waals surface area contributed by atoms with Gasteiger partial charge in [0.1, 0.15) is 5.82 Å². The summed E-state index contributed by atoms with van der Waals surface area (Å²) < 4.78 is 0. The Morgan fingerprint density at radius 3 is 2.67 bits per heavy atom. The molecule has 0 radical (unpaired) electrons. The number of hydrogen-bond acceptors (Lipinski definition) is 3. The van der Waals surface area contributed by atoms with Gasteiger partial charge in [0.2, 0.25) is 0 Å². The number of hydrogen-bond donors (Lipinski definition) is 1. The fourth-order valence-electron chi connectivity index (χ4n) is 2.04. The molecular formula is C15H27N3. The Bertz CT molecular complexity index is 351. The van der Waals surface area contributed by atoms with Gasteiger partial charge in [0.25, 0.3) is 0 Å². The molecule has 2 unspecified atom stereocenters. The van der Waals surface area contributed by atoms with Crippen LogP contribution < -0.4 is 10.6 Å². The number of pyridine rings is 1. The number of nitrogens with zero attached hydrogens (tertiary/aromatic N) is 2. The van der Waals surface area contributed by atoms with Gasteiger partial charge in [0, 0.05) is 25.8 Å². The summed E-state index contributed by atoms with van der Waals surface area (Å²) in [5.74, 6) is 1.77. The standard InChI is InChI=1S/C15H27N3/c1-5-12(3)11-18(4)15-13(8-7-9-17-15)10-14(16)6-2/h7-9,12,14H,5-6,10-11,16H2,1-4H3. The van der Waals surface area contributed by atoms with Gasteiger partial charge in [0.15, 0.2) is 0 Å². The van der Waals surface area contributed by atoms with Crippen LogP contribution in [0.5, 0.6) is 0 Å². The summed E-state index contributed by atoms with van der Waals surface area (Å²) in [5.41, 5.74) is 7.32. The van der Waals surface area contributed by atoms with E-state index in [1.165, 1.54) is 12.0 Å². The second kappa shape index (κ2) is 7.37. The van der Waals surface area contributed by atoms with E-state index >= 15 is 0 Å². The first kappa shape index (κ1) is 15.0. The van der Waals surface area contributed by atoms with Crippen LogP contribution in [0.2, 0.25) is 0 Å². The average molecular weight is 249 g/mol. The van der Waals surface area contributed by atoms with Gasteiger partial charge in [-0.2, -0.15) is 0 Å². The highest BCUT2D eigenvalue weighted by molar-refractivity contribution is 5.46. The van der Waals surface area contributed by atoms with Crippen LogP contribution in [0.15, 0.2) is 18.3 Å². The zero-order chi connectivity index (χ0) is 13.5. The summed E-state index contributed by atoms with van der Waals surface area (Å²) in [7, 11) is 2.12. The maximum absolute atomic E-state index is 6.06. The van der Waals surface area contributed by atoms with Crippen LogP contribution in [-0.4, -0.2) is 24.6 Å². The zero-order valence-electron chi connectivity index (χ0n) is 12.2. The van der Waals surface area contributed by atoms with E-state index in [1.807, 2.05) is 12.3 Å². The molecule has 18 heavy (non-hydrogen) atoms. The monoisotopic (exact) mass is 249 g/mol. The van der Waals surface area contributed by atoms with Gasteiger partial charge >= 0.3 is 0 Å². The van der Waals surface area contributed by atoms with E-state index in [0.29, 0.717) is 5.92 Å². The van der Waals surface area contributed by atoms with Crippen molar-refractivity contribution in [3.8, 4) is 0 Å². The van der Waals surface area contributed by atoms with Gasteiger partial charge in [-0.25, -0.2) is 4.98 Å². The van der Waals surface area contributed by atoms with E-state index in [2.05, 4.69) is 43.8 Å². The Labute approximate surface area is 111 Å². The molecule has 1 heterocycles. The maximum atomic E-state index is 6.06. The van der Waals surface area contributed by atoms with Crippen molar-refractivity contribution < 1.29 is 0 Å². The minimum absolute atomic E-state index is 0.227. The van der Waals surface area contributed by atoms with E-state index in [1.54, 1.807) is 0 Å². The second-order valence-corrected chi connectivity index (χ2v) is 5.25. The quantitative estimate of drug-likeness (QED) is 0.808. The molecule has 1 aromatic heterocycles. The fraction of sp³-hybridized carbons (Fsp3) is 0.667. The molecular weight excluding hydrogens is 222 g/mol. The zero-order valence-corrected chi connectivity index (χ0v) is 12.2. The Balaban J connectivity index is 2.80. The van der Waals surface area contributed by atoms with Crippen LogP contribution >= 0.6 is 0 Å². The summed E-state index contributed by atoms with van der Waals surface area (Å²) in [6.07, 6.45) is 4.97. The van der Waals surface area contributed by atoms with Crippen LogP contribution in [0.25, 0.3) is 0 Å². The predicted octanol–water partition coefficient (Wildman–Crippen LogP) is 2.84. The first-order valence-electron chi connectivity index (χ1n) is 6.99. The molecule has 0 aromatic carbocycles. The van der Waals surface area contributed by atoms with Crippen LogP contribution in [0.3, 0.4) is 0 Å². The Morgan fingerprint density at radius 1 is 1.33 bits per heavy atom. The number of aromatic nitrogens is 1. The minimum Gasteiger partial charge on any atom is -0.359 e. The third kappa shape index (κ3) is 4.30. The lowest BCUT2D eigenvalue weighted by Crippen LogP contribution is -2.28. The molecule has 3 heteroatoms. The van der Waals surface area contributed by atoms with Crippen LogP contribution in [0.1, 0.15) is 39.2 Å². The predicted molar refractivity (Wildman–Crippen MR) is 78.9 cm³/mol. The van der Waals surface area contributed by atoms with E-state index < -0.39 is 0 Å². The van der Waals surface area contributed by atoms with E-state index in [-0.39, 0.29) is 6.04 Å². The number of anilines is 1. The Hall–Kier alpha value is -1.09. The van der Waals surface area contributed by atoms with E-state index in [0.717, 1.165) is 25.2 Å². The Kier molecular flexibility index (Phi) is 6.13. The molecule has 0 fully saturated rings. The minimum atomic E-state index is 0.227. The molecule has 0 bridgehead atoms. The summed E-state index contributed by atoms with van der Waals surface area (Å²) in [5, 5.41) is 0. The smallest absolute Gasteiger partial charge is 0.131 e. The summed E-state index contributed by atoms with van der Waals surface area (Å²) >= 11 is 0. The molecule has 0 saturated heterocycles. The highest BCUT2D eigenvalue weighted by Crippen LogP contribution is 2.19. The summed E-state index contributed by atoms with van der Waals surface area (Å²) in [6, 6.07) is 4.37. The first-order chi connectivity index (χ1) is 8.58. The van der Waals surface area contributed by atoms with Crippen molar-refractivity contribution in [2.24, 2.45) is 11.7 Å². The first-order valence-corrected chi connectivity index (χ1v) is 6.99. The van der Waals surface area contributed by atoms with E-state index in [4.69, 9.17) is 5.73 Å². The third-order valence-corrected chi connectivity index (χ3v) is 3.52. The molecule has 0 saturated carbocycles. The molecule has 0 amide bonds. The molecule has 0 aliphatic carbocycles. The average Bonchev–Trinajstić information content (AvgIpc) is 2.38. The van der Waals surface area contributed by atoms with Gasteiger partial charge in [-0.05, 0) is 30.4 Å². The molecule has 3 nitrogen and oxygen atoms in total. The van der Waals surface area contributed by atoms with Crippen molar-refractivity contribution in [3.05, 3.63) is 23.9 Å². The van der Waals surface area contributed by atoms with Gasteiger partial charge in [0.05, 0.1) is 0 Å². The number of rotatable bonds is 7. The molecule has 0 aliphatic heterocycles. The van der Waals surface area contributed by atoms with Crippen molar-refractivity contribution in [2.45, 2.75) is 46.1 Å². The van der Waals surface area contributed by atoms with Gasteiger partial charge in [-0.3, -0.25) is 0 Å². The second-order valence-electron chi connectivity index (χ2n) is 5.25. The number of nitrogens with two attached hydrogens (primary N) is 1. The van der Waals surface area contributed by atoms with Crippen LogP contribution in [-0.2, 0) is 6.42 Å².